The first kappa shape index (κ1) is 14.6. The van der Waals surface area contributed by atoms with Gasteiger partial charge in [0, 0.05) is 17.3 Å². The van der Waals surface area contributed by atoms with Gasteiger partial charge in [-0.15, -0.1) is 0 Å². The number of primary amides is 1. The summed E-state index contributed by atoms with van der Waals surface area (Å²) < 4.78 is 0. The zero-order valence-corrected chi connectivity index (χ0v) is 11.8. The number of carbonyl (C=O) groups is 1. The third kappa shape index (κ3) is 3.59. The molecule has 1 aromatic carbocycles. The third-order valence-electron chi connectivity index (χ3n) is 2.84. The number of aryl methyl sites for hydroxylation is 2. The predicted octanol–water partition coefficient (Wildman–Crippen LogP) is 1.39. The molecule has 7 nitrogen and oxygen atoms in total. The average Bonchev–Trinajstić information content (AvgIpc) is 2.74. The number of phenolic OH excluding ortho intramolecular Hbond substituents is 1. The Balaban J connectivity index is 2.32. The number of oxime groups is 1. The van der Waals surface area contributed by atoms with Crippen molar-refractivity contribution in [2.45, 2.75) is 20.3 Å². The monoisotopic (exact) mass is 288 g/mol. The fourth-order valence-corrected chi connectivity index (χ4v) is 1.96. The Morgan fingerprint density at radius 2 is 2.24 bits per heavy atom. The Hall–Kier alpha value is -2.83. The van der Waals surface area contributed by atoms with Crippen molar-refractivity contribution in [3.8, 4) is 11.5 Å². The van der Waals surface area contributed by atoms with Gasteiger partial charge in [-0.1, -0.05) is 11.2 Å². The molecule has 1 amide bonds. The van der Waals surface area contributed by atoms with E-state index in [1.54, 1.807) is 19.1 Å². The molecule has 2 rings (SSSR count). The molecular formula is C14H16N4O3. The second-order valence-electron chi connectivity index (χ2n) is 4.58. The zero-order valence-electron chi connectivity index (χ0n) is 11.8. The molecule has 4 N–H and O–H groups in total. The van der Waals surface area contributed by atoms with Crippen molar-refractivity contribution < 1.29 is 14.7 Å². The van der Waals surface area contributed by atoms with Crippen LogP contribution < -0.4 is 10.6 Å². The molecule has 0 spiro atoms. The number of amides is 1. The second kappa shape index (κ2) is 6.08. The first-order valence-corrected chi connectivity index (χ1v) is 6.30. The minimum Gasteiger partial charge on any atom is -0.508 e. The van der Waals surface area contributed by atoms with Crippen molar-refractivity contribution in [2.75, 3.05) is 0 Å². The summed E-state index contributed by atoms with van der Waals surface area (Å²) >= 11 is 0. The van der Waals surface area contributed by atoms with Crippen molar-refractivity contribution in [2.24, 2.45) is 10.9 Å². The van der Waals surface area contributed by atoms with E-state index in [1.165, 1.54) is 12.1 Å². The van der Waals surface area contributed by atoms with Gasteiger partial charge in [-0.2, -0.15) is 5.10 Å². The number of benzene rings is 1. The van der Waals surface area contributed by atoms with Crippen LogP contribution in [0.4, 0.5) is 0 Å². The van der Waals surface area contributed by atoms with Gasteiger partial charge in [-0.05, 0) is 26.0 Å². The smallest absolute Gasteiger partial charge is 0.223 e. The summed E-state index contributed by atoms with van der Waals surface area (Å²) in [6.07, 6.45) is -0.0694. The lowest BCUT2D eigenvalue weighted by Gasteiger charge is -2.05. The van der Waals surface area contributed by atoms with Gasteiger partial charge in [0.2, 0.25) is 5.91 Å². The molecule has 0 bridgehead atoms. The molecule has 110 valence electrons. The molecule has 1 aromatic heterocycles. The normalized spacial score (nSPS) is 11.4. The summed E-state index contributed by atoms with van der Waals surface area (Å²) in [7, 11) is 0. The van der Waals surface area contributed by atoms with E-state index in [1.807, 2.05) is 6.92 Å². The van der Waals surface area contributed by atoms with E-state index in [4.69, 9.17) is 10.6 Å². The fourth-order valence-electron chi connectivity index (χ4n) is 1.96. The van der Waals surface area contributed by atoms with Gasteiger partial charge in [0.15, 0.2) is 5.75 Å². The quantitative estimate of drug-likeness (QED) is 0.569. The average molecular weight is 288 g/mol. The number of carbonyl (C=O) groups excluding carboxylic acids is 1. The Morgan fingerprint density at radius 3 is 2.81 bits per heavy atom. The lowest BCUT2D eigenvalue weighted by atomic mass is 10.1. The number of hydrogen-bond acceptors (Lipinski definition) is 5. The summed E-state index contributed by atoms with van der Waals surface area (Å²) in [4.78, 5) is 16.5. The lowest BCUT2D eigenvalue weighted by Crippen LogP contribution is -2.18. The van der Waals surface area contributed by atoms with Gasteiger partial charge in [0.25, 0.3) is 0 Å². The van der Waals surface area contributed by atoms with Crippen molar-refractivity contribution >= 4 is 11.6 Å². The molecule has 0 aliphatic rings. The molecule has 0 saturated carbocycles. The Bertz CT molecular complexity index is 672. The number of hydrogen-bond donors (Lipinski definition) is 3. The fraction of sp³-hybridized carbons (Fsp3) is 0.214. The van der Waals surface area contributed by atoms with Crippen molar-refractivity contribution in [1.82, 2.24) is 10.2 Å². The maximum atomic E-state index is 11.2. The molecule has 0 aliphatic carbocycles. The van der Waals surface area contributed by atoms with Crippen LogP contribution in [-0.4, -0.2) is 26.9 Å². The number of nitrogens with one attached hydrogen (secondary N) is 1. The number of aromatic hydroxyl groups is 1. The summed E-state index contributed by atoms with van der Waals surface area (Å²) in [6, 6.07) is 6.20. The van der Waals surface area contributed by atoms with Crippen LogP contribution in [0.3, 0.4) is 0 Å². The number of nitrogens with zero attached hydrogens (tertiary/aromatic N) is 2. The highest BCUT2D eigenvalue weighted by atomic mass is 16.6. The largest absolute Gasteiger partial charge is 0.508 e. The molecule has 0 aliphatic heterocycles. The number of H-pyrrole nitrogens is 1. The second-order valence-corrected chi connectivity index (χ2v) is 4.58. The lowest BCUT2D eigenvalue weighted by molar-refractivity contribution is -0.116. The summed E-state index contributed by atoms with van der Waals surface area (Å²) in [5, 5.41) is 20.2. The Morgan fingerprint density at radius 1 is 1.48 bits per heavy atom. The number of phenols is 1. The van der Waals surface area contributed by atoms with Crippen LogP contribution in [0.2, 0.25) is 0 Å². The highest BCUT2D eigenvalue weighted by Gasteiger charge is 2.16. The van der Waals surface area contributed by atoms with Crippen LogP contribution in [0.5, 0.6) is 11.5 Å². The highest BCUT2D eigenvalue weighted by Crippen LogP contribution is 2.19. The van der Waals surface area contributed by atoms with E-state index >= 15 is 0 Å². The standard InChI is InChI=1S/C14H16N4O3/c1-8-14(9(2)17-16-8)12(7-13(15)20)18-21-11-5-3-4-10(19)6-11/h3-6,19H,7H2,1-2H3,(H2,15,20)(H,16,17)/b18-12+. The number of aromatic nitrogens is 2. The van der Waals surface area contributed by atoms with Crippen LogP contribution in [0.1, 0.15) is 23.4 Å². The maximum Gasteiger partial charge on any atom is 0.223 e. The molecule has 0 radical (unpaired) electrons. The molecule has 21 heavy (non-hydrogen) atoms. The third-order valence-corrected chi connectivity index (χ3v) is 2.84. The van der Waals surface area contributed by atoms with Crippen molar-refractivity contribution in [3.63, 3.8) is 0 Å². The van der Waals surface area contributed by atoms with Crippen LogP contribution in [0, 0.1) is 13.8 Å². The van der Waals surface area contributed by atoms with Gasteiger partial charge >= 0.3 is 0 Å². The molecule has 0 saturated heterocycles. The molecule has 0 atom stereocenters. The minimum atomic E-state index is -0.520. The van der Waals surface area contributed by atoms with Gasteiger partial charge in [0.1, 0.15) is 11.5 Å². The summed E-state index contributed by atoms with van der Waals surface area (Å²) in [6.45, 7) is 3.61. The molecule has 2 aromatic rings. The SMILES string of the molecule is Cc1n[nH]c(C)c1/C(CC(N)=O)=N/Oc1cccc(O)c1. The minimum absolute atomic E-state index is 0.0647. The number of rotatable bonds is 5. The van der Waals surface area contributed by atoms with Gasteiger partial charge in [-0.3, -0.25) is 9.89 Å². The molecule has 0 unspecified atom stereocenters. The van der Waals surface area contributed by atoms with Crippen molar-refractivity contribution in [3.05, 3.63) is 41.2 Å². The van der Waals surface area contributed by atoms with E-state index in [2.05, 4.69) is 15.4 Å². The van der Waals surface area contributed by atoms with Crippen LogP contribution >= 0.6 is 0 Å². The van der Waals surface area contributed by atoms with E-state index in [-0.39, 0.29) is 12.2 Å². The Labute approximate surface area is 121 Å². The van der Waals surface area contributed by atoms with Crippen molar-refractivity contribution in [1.29, 1.82) is 0 Å². The predicted molar refractivity (Wildman–Crippen MR) is 77.1 cm³/mol. The van der Waals surface area contributed by atoms with Crippen LogP contribution in [0.15, 0.2) is 29.4 Å². The molecule has 1 heterocycles. The van der Waals surface area contributed by atoms with E-state index in [9.17, 15) is 9.90 Å². The zero-order chi connectivity index (χ0) is 15.4. The summed E-state index contributed by atoms with van der Waals surface area (Å²) in [5.41, 5.74) is 7.80. The molecular weight excluding hydrogens is 272 g/mol. The van der Waals surface area contributed by atoms with Gasteiger partial charge in [0.05, 0.1) is 12.1 Å². The van der Waals surface area contributed by atoms with Gasteiger partial charge in [-0.25, -0.2) is 0 Å². The number of aromatic amines is 1. The van der Waals surface area contributed by atoms with Crippen LogP contribution in [0.25, 0.3) is 0 Å². The number of nitrogens with two attached hydrogens (primary N) is 1. The van der Waals surface area contributed by atoms with E-state index in [0.717, 1.165) is 5.69 Å². The van der Waals surface area contributed by atoms with E-state index in [0.29, 0.717) is 22.7 Å². The topological polar surface area (TPSA) is 114 Å². The first-order valence-electron chi connectivity index (χ1n) is 6.30. The molecule has 0 fully saturated rings. The maximum absolute atomic E-state index is 11.2. The first-order chi connectivity index (χ1) is 9.97. The van der Waals surface area contributed by atoms with Gasteiger partial charge < -0.3 is 15.7 Å². The molecule has 7 heteroatoms. The van der Waals surface area contributed by atoms with E-state index < -0.39 is 5.91 Å². The summed E-state index contributed by atoms with van der Waals surface area (Å²) in [5.74, 6) is -0.0983. The highest BCUT2D eigenvalue weighted by molar-refractivity contribution is 6.11. The van der Waals surface area contributed by atoms with Crippen LogP contribution in [-0.2, 0) is 4.79 Å². The Kier molecular flexibility index (Phi) is 4.22.